The van der Waals surface area contributed by atoms with Crippen molar-refractivity contribution in [2.75, 3.05) is 6.61 Å². The number of amides is 1. The Morgan fingerprint density at radius 3 is 2.29 bits per heavy atom. The highest BCUT2D eigenvalue weighted by Crippen LogP contribution is 2.36. The summed E-state index contributed by atoms with van der Waals surface area (Å²) in [4.78, 5) is 11.8. The molecule has 0 aliphatic rings. The lowest BCUT2D eigenvalue weighted by molar-refractivity contribution is -0.123. The highest BCUT2D eigenvalue weighted by atomic mass is 79.9. The smallest absolute Gasteiger partial charge is 0.258 e. The minimum Gasteiger partial charge on any atom is -0.481 e. The summed E-state index contributed by atoms with van der Waals surface area (Å²) in [6, 6.07) is 13.5. The van der Waals surface area contributed by atoms with Gasteiger partial charge in [0.25, 0.3) is 5.91 Å². The van der Waals surface area contributed by atoms with Crippen LogP contribution in [0.15, 0.2) is 55.9 Å². The molecule has 0 saturated heterocycles. The lowest BCUT2D eigenvalue weighted by Gasteiger charge is -2.11. The number of benzene rings is 2. The van der Waals surface area contributed by atoms with Crippen LogP contribution in [0.3, 0.4) is 0 Å². The van der Waals surface area contributed by atoms with E-state index in [4.69, 9.17) is 4.74 Å². The van der Waals surface area contributed by atoms with Gasteiger partial charge in [0.1, 0.15) is 5.75 Å². The summed E-state index contributed by atoms with van der Waals surface area (Å²) in [5.41, 5.74) is 1.05. The first-order chi connectivity index (χ1) is 10.1. The van der Waals surface area contributed by atoms with E-state index < -0.39 is 0 Å². The first-order valence-electron chi connectivity index (χ1n) is 6.14. The molecule has 0 aliphatic heterocycles. The number of nitrogens with one attached hydrogen (secondary N) is 1. The Kier molecular flexibility index (Phi) is 6.26. The van der Waals surface area contributed by atoms with E-state index in [9.17, 15) is 4.79 Å². The summed E-state index contributed by atoms with van der Waals surface area (Å²) >= 11 is 10.2. The molecule has 0 aromatic heterocycles. The van der Waals surface area contributed by atoms with Gasteiger partial charge in [-0.15, -0.1) is 0 Å². The molecule has 3 nitrogen and oxygen atoms in total. The first kappa shape index (κ1) is 16.5. The molecule has 0 fully saturated rings. The van der Waals surface area contributed by atoms with Crippen LogP contribution in [0.1, 0.15) is 5.56 Å². The minimum absolute atomic E-state index is 0.0360. The molecule has 0 unspecified atom stereocenters. The van der Waals surface area contributed by atoms with Crippen molar-refractivity contribution >= 4 is 53.7 Å². The number of ether oxygens (including phenoxy) is 1. The second-order valence-corrected chi connectivity index (χ2v) is 6.87. The molecule has 110 valence electrons. The zero-order chi connectivity index (χ0) is 15.2. The van der Waals surface area contributed by atoms with Gasteiger partial charge in [0.15, 0.2) is 6.61 Å². The van der Waals surface area contributed by atoms with Crippen molar-refractivity contribution in [1.29, 1.82) is 0 Å². The van der Waals surface area contributed by atoms with Crippen LogP contribution < -0.4 is 10.1 Å². The van der Waals surface area contributed by atoms with Crippen molar-refractivity contribution in [2.24, 2.45) is 0 Å². The second-order valence-electron chi connectivity index (χ2n) is 4.25. The molecule has 2 aromatic rings. The average molecular weight is 478 g/mol. The van der Waals surface area contributed by atoms with Crippen LogP contribution >= 0.6 is 47.8 Å². The average Bonchev–Trinajstić information content (AvgIpc) is 2.45. The summed E-state index contributed by atoms with van der Waals surface area (Å²) < 4.78 is 8.02. The molecule has 0 radical (unpaired) electrons. The quantitative estimate of drug-likeness (QED) is 0.679. The number of carbonyl (C=O) groups excluding carboxylic acids is 1. The van der Waals surface area contributed by atoms with Crippen LogP contribution in [0.4, 0.5) is 0 Å². The van der Waals surface area contributed by atoms with Gasteiger partial charge in [0.2, 0.25) is 0 Å². The van der Waals surface area contributed by atoms with Gasteiger partial charge in [0.05, 0.1) is 8.95 Å². The molecule has 0 spiro atoms. The fourth-order valence-corrected chi connectivity index (χ4v) is 4.14. The highest BCUT2D eigenvalue weighted by Gasteiger charge is 2.10. The van der Waals surface area contributed by atoms with Crippen molar-refractivity contribution < 1.29 is 9.53 Å². The molecule has 0 saturated carbocycles. The third kappa shape index (κ3) is 5.13. The highest BCUT2D eigenvalue weighted by molar-refractivity contribution is 9.11. The summed E-state index contributed by atoms with van der Waals surface area (Å²) in [6.45, 7) is 0.456. The van der Waals surface area contributed by atoms with Crippen molar-refractivity contribution in [3.63, 3.8) is 0 Å². The number of hydrogen-bond acceptors (Lipinski definition) is 2. The molecule has 0 atom stereocenters. The number of halogens is 3. The Hall–Kier alpha value is -0.850. The summed E-state index contributed by atoms with van der Waals surface area (Å²) in [5, 5.41) is 2.82. The lowest BCUT2D eigenvalue weighted by Crippen LogP contribution is -2.28. The van der Waals surface area contributed by atoms with Gasteiger partial charge < -0.3 is 10.1 Å². The minimum atomic E-state index is -0.166. The molecule has 2 rings (SSSR count). The van der Waals surface area contributed by atoms with Crippen LogP contribution in [-0.4, -0.2) is 12.5 Å². The first-order valence-corrected chi connectivity index (χ1v) is 8.52. The Balaban J connectivity index is 1.87. The molecule has 0 aliphatic carbocycles. The summed E-state index contributed by atoms with van der Waals surface area (Å²) in [7, 11) is 0. The molecule has 0 heterocycles. The topological polar surface area (TPSA) is 38.3 Å². The molecule has 0 bridgehead atoms. The van der Waals surface area contributed by atoms with Crippen LogP contribution in [-0.2, 0) is 11.3 Å². The maximum absolute atomic E-state index is 11.8. The standard InChI is InChI=1S/C15H12Br3NO2/c16-11-6-12(17)15(13(18)7-11)21-9-14(20)19-8-10-4-2-1-3-5-10/h1-7H,8-9H2,(H,19,20). The molecule has 1 N–H and O–H groups in total. The van der Waals surface area contributed by atoms with E-state index in [0.29, 0.717) is 12.3 Å². The zero-order valence-corrected chi connectivity index (χ0v) is 15.7. The van der Waals surface area contributed by atoms with E-state index in [-0.39, 0.29) is 12.5 Å². The summed E-state index contributed by atoms with van der Waals surface area (Å²) in [5.74, 6) is 0.439. The number of rotatable bonds is 5. The SMILES string of the molecule is O=C(COc1c(Br)cc(Br)cc1Br)NCc1ccccc1. The van der Waals surface area contributed by atoms with Gasteiger partial charge in [-0.25, -0.2) is 0 Å². The Bertz CT molecular complexity index is 609. The molecular weight excluding hydrogens is 466 g/mol. The molecular formula is C15H12Br3NO2. The Morgan fingerprint density at radius 2 is 1.67 bits per heavy atom. The monoisotopic (exact) mass is 475 g/mol. The fraction of sp³-hybridized carbons (Fsp3) is 0.133. The van der Waals surface area contributed by atoms with Crippen LogP contribution in [0.5, 0.6) is 5.75 Å². The predicted octanol–water partition coefficient (Wildman–Crippen LogP) is 4.67. The second kappa shape index (κ2) is 7.96. The van der Waals surface area contributed by atoms with E-state index in [2.05, 4.69) is 53.1 Å². The molecule has 1 amide bonds. The van der Waals surface area contributed by atoms with Crippen molar-refractivity contribution in [1.82, 2.24) is 5.32 Å². The van der Waals surface area contributed by atoms with Gasteiger partial charge in [0, 0.05) is 11.0 Å². The molecule has 6 heteroatoms. The van der Waals surface area contributed by atoms with E-state index in [1.165, 1.54) is 0 Å². The van der Waals surface area contributed by atoms with Crippen LogP contribution in [0.25, 0.3) is 0 Å². The number of hydrogen-bond donors (Lipinski definition) is 1. The third-order valence-corrected chi connectivity index (χ3v) is 4.28. The van der Waals surface area contributed by atoms with Gasteiger partial charge in [-0.05, 0) is 49.6 Å². The molecule has 21 heavy (non-hydrogen) atoms. The third-order valence-electron chi connectivity index (χ3n) is 2.64. The van der Waals surface area contributed by atoms with E-state index >= 15 is 0 Å². The maximum Gasteiger partial charge on any atom is 0.258 e. The Labute approximate surface area is 148 Å². The molecule has 2 aromatic carbocycles. The number of carbonyl (C=O) groups is 1. The van der Waals surface area contributed by atoms with E-state index in [1.807, 2.05) is 42.5 Å². The maximum atomic E-state index is 11.8. The van der Waals surface area contributed by atoms with E-state index in [0.717, 1.165) is 19.0 Å². The van der Waals surface area contributed by atoms with Crippen LogP contribution in [0.2, 0.25) is 0 Å². The normalized spacial score (nSPS) is 10.2. The van der Waals surface area contributed by atoms with E-state index in [1.54, 1.807) is 0 Å². The van der Waals surface area contributed by atoms with Crippen LogP contribution in [0, 0.1) is 0 Å². The lowest BCUT2D eigenvalue weighted by atomic mass is 10.2. The fourth-order valence-electron chi connectivity index (χ4n) is 1.65. The largest absolute Gasteiger partial charge is 0.481 e. The van der Waals surface area contributed by atoms with Crippen molar-refractivity contribution in [2.45, 2.75) is 6.54 Å². The zero-order valence-electron chi connectivity index (χ0n) is 10.9. The predicted molar refractivity (Wildman–Crippen MR) is 93.3 cm³/mol. The van der Waals surface area contributed by atoms with Crippen molar-refractivity contribution in [3.05, 3.63) is 61.4 Å². The van der Waals surface area contributed by atoms with Gasteiger partial charge >= 0.3 is 0 Å². The van der Waals surface area contributed by atoms with Gasteiger partial charge in [-0.1, -0.05) is 46.3 Å². The van der Waals surface area contributed by atoms with Gasteiger partial charge in [-0.3, -0.25) is 4.79 Å². The van der Waals surface area contributed by atoms with Crippen molar-refractivity contribution in [3.8, 4) is 5.75 Å². The van der Waals surface area contributed by atoms with Gasteiger partial charge in [-0.2, -0.15) is 0 Å². The Morgan fingerprint density at radius 1 is 1.05 bits per heavy atom. The summed E-state index contributed by atoms with van der Waals surface area (Å²) in [6.07, 6.45) is 0.